The average Bonchev–Trinajstić information content (AvgIpc) is 3.16. The number of benzene rings is 1. The molecule has 3 aromatic rings. The van der Waals surface area contributed by atoms with Gasteiger partial charge in [-0.05, 0) is 31.6 Å². The number of fused-ring (bicyclic) bond motifs is 1. The zero-order chi connectivity index (χ0) is 15.5. The third-order valence-electron chi connectivity index (χ3n) is 3.64. The van der Waals surface area contributed by atoms with Gasteiger partial charge in [-0.3, -0.25) is 9.89 Å². The van der Waals surface area contributed by atoms with Gasteiger partial charge in [-0.2, -0.15) is 5.10 Å². The molecule has 114 valence electrons. The smallest absolute Gasteiger partial charge is 0.272 e. The molecule has 2 N–H and O–H groups in total. The van der Waals surface area contributed by atoms with E-state index in [0.717, 1.165) is 10.9 Å². The van der Waals surface area contributed by atoms with Crippen molar-refractivity contribution in [2.75, 3.05) is 20.6 Å². The molecule has 22 heavy (non-hydrogen) atoms. The summed E-state index contributed by atoms with van der Waals surface area (Å²) in [5.74, 6) is -0.152. The van der Waals surface area contributed by atoms with Crippen LogP contribution in [0.5, 0.6) is 0 Å². The van der Waals surface area contributed by atoms with E-state index in [1.165, 1.54) is 4.88 Å². The maximum absolute atomic E-state index is 12.4. The third-order valence-corrected chi connectivity index (χ3v) is 4.61. The van der Waals surface area contributed by atoms with Crippen molar-refractivity contribution in [2.45, 2.75) is 6.04 Å². The molecule has 0 radical (unpaired) electrons. The first kappa shape index (κ1) is 14.7. The molecule has 5 nitrogen and oxygen atoms in total. The van der Waals surface area contributed by atoms with E-state index in [9.17, 15) is 4.79 Å². The van der Waals surface area contributed by atoms with E-state index in [1.54, 1.807) is 11.3 Å². The van der Waals surface area contributed by atoms with Crippen LogP contribution in [0.15, 0.2) is 41.8 Å². The highest BCUT2D eigenvalue weighted by molar-refractivity contribution is 7.10. The van der Waals surface area contributed by atoms with E-state index in [0.29, 0.717) is 12.2 Å². The van der Waals surface area contributed by atoms with E-state index in [2.05, 4.69) is 31.9 Å². The molecule has 0 aliphatic rings. The number of thiophene rings is 1. The highest BCUT2D eigenvalue weighted by Crippen LogP contribution is 2.22. The maximum atomic E-state index is 12.4. The predicted molar refractivity (Wildman–Crippen MR) is 89.2 cm³/mol. The quantitative estimate of drug-likeness (QED) is 0.761. The van der Waals surface area contributed by atoms with Gasteiger partial charge in [0.1, 0.15) is 0 Å². The standard InChI is InChI=1S/C16H18N4OS/c1-20(2)13(14-8-5-9-22-14)10-17-16(21)15-11-6-3-4-7-12(11)18-19-15/h3-9,13H,10H2,1-2H3,(H,17,21)(H,18,19)/t13-/m0/s1. The Morgan fingerprint density at radius 1 is 1.32 bits per heavy atom. The van der Waals surface area contributed by atoms with Crippen LogP contribution < -0.4 is 5.32 Å². The van der Waals surface area contributed by atoms with E-state index in [1.807, 2.05) is 44.4 Å². The minimum atomic E-state index is -0.152. The molecule has 2 heterocycles. The number of H-pyrrole nitrogens is 1. The number of likely N-dealkylation sites (N-methyl/N-ethyl adjacent to an activating group) is 1. The summed E-state index contributed by atoms with van der Waals surface area (Å²) < 4.78 is 0. The molecule has 0 unspecified atom stereocenters. The molecule has 1 aromatic carbocycles. The van der Waals surface area contributed by atoms with Crippen molar-refractivity contribution < 1.29 is 4.79 Å². The van der Waals surface area contributed by atoms with Gasteiger partial charge in [0.2, 0.25) is 0 Å². The van der Waals surface area contributed by atoms with Crippen molar-refractivity contribution in [3.63, 3.8) is 0 Å². The van der Waals surface area contributed by atoms with Crippen LogP contribution in [0.25, 0.3) is 10.9 Å². The largest absolute Gasteiger partial charge is 0.349 e. The molecule has 0 aliphatic heterocycles. The van der Waals surface area contributed by atoms with Crippen LogP contribution in [0, 0.1) is 0 Å². The summed E-state index contributed by atoms with van der Waals surface area (Å²) in [4.78, 5) is 15.7. The number of hydrogen-bond acceptors (Lipinski definition) is 4. The van der Waals surface area contributed by atoms with Gasteiger partial charge in [-0.1, -0.05) is 24.3 Å². The molecule has 2 aromatic heterocycles. The Morgan fingerprint density at radius 2 is 2.14 bits per heavy atom. The predicted octanol–water partition coefficient (Wildman–Crippen LogP) is 2.66. The number of carbonyl (C=O) groups excluding carboxylic acids is 1. The van der Waals surface area contributed by atoms with Crippen molar-refractivity contribution in [3.05, 3.63) is 52.3 Å². The lowest BCUT2D eigenvalue weighted by Crippen LogP contribution is -2.34. The first-order valence-electron chi connectivity index (χ1n) is 7.08. The summed E-state index contributed by atoms with van der Waals surface area (Å²) in [7, 11) is 4.03. The maximum Gasteiger partial charge on any atom is 0.272 e. The lowest BCUT2D eigenvalue weighted by Gasteiger charge is -2.23. The SMILES string of the molecule is CN(C)[C@@H](CNC(=O)c1n[nH]c2ccccc12)c1cccs1. The summed E-state index contributed by atoms with van der Waals surface area (Å²) >= 11 is 1.70. The van der Waals surface area contributed by atoms with Gasteiger partial charge in [0.05, 0.1) is 11.6 Å². The second-order valence-corrected chi connectivity index (χ2v) is 6.30. The highest BCUT2D eigenvalue weighted by Gasteiger charge is 2.19. The molecule has 0 saturated carbocycles. The van der Waals surface area contributed by atoms with Crippen LogP contribution in [0.3, 0.4) is 0 Å². The van der Waals surface area contributed by atoms with Crippen LogP contribution in [-0.4, -0.2) is 41.6 Å². The number of aromatic nitrogens is 2. The van der Waals surface area contributed by atoms with Crippen molar-refractivity contribution in [1.29, 1.82) is 0 Å². The molecule has 0 fully saturated rings. The molecule has 0 spiro atoms. The number of nitrogens with one attached hydrogen (secondary N) is 2. The minimum absolute atomic E-state index is 0.152. The number of nitrogens with zero attached hydrogens (tertiary/aromatic N) is 2. The summed E-state index contributed by atoms with van der Waals surface area (Å²) in [5, 5.41) is 12.9. The fraction of sp³-hybridized carbons (Fsp3) is 0.250. The number of hydrogen-bond donors (Lipinski definition) is 2. The Labute approximate surface area is 133 Å². The number of rotatable bonds is 5. The molecule has 0 saturated heterocycles. The molecule has 1 atom stereocenters. The zero-order valence-electron chi connectivity index (χ0n) is 12.5. The van der Waals surface area contributed by atoms with Crippen LogP contribution in [-0.2, 0) is 0 Å². The lowest BCUT2D eigenvalue weighted by atomic mass is 10.2. The monoisotopic (exact) mass is 314 g/mol. The van der Waals surface area contributed by atoms with Gasteiger partial charge in [0.15, 0.2) is 5.69 Å². The molecular formula is C16H18N4OS. The number of carbonyl (C=O) groups is 1. The summed E-state index contributed by atoms with van der Waals surface area (Å²) in [5.41, 5.74) is 1.31. The third kappa shape index (κ3) is 2.88. The van der Waals surface area contributed by atoms with Gasteiger partial charge in [-0.15, -0.1) is 11.3 Å². The second kappa shape index (κ2) is 6.29. The van der Waals surface area contributed by atoms with Crippen LogP contribution in [0.2, 0.25) is 0 Å². The highest BCUT2D eigenvalue weighted by atomic mass is 32.1. The molecule has 0 bridgehead atoms. The van der Waals surface area contributed by atoms with Crippen molar-refractivity contribution in [2.24, 2.45) is 0 Å². The van der Waals surface area contributed by atoms with Crippen molar-refractivity contribution in [3.8, 4) is 0 Å². The molecule has 1 amide bonds. The Bertz CT molecular complexity index is 763. The topological polar surface area (TPSA) is 61.0 Å². The van der Waals surface area contributed by atoms with Crippen LogP contribution >= 0.6 is 11.3 Å². The zero-order valence-corrected chi connectivity index (χ0v) is 13.4. The number of amides is 1. The van der Waals surface area contributed by atoms with E-state index in [4.69, 9.17) is 0 Å². The fourth-order valence-corrected chi connectivity index (χ4v) is 3.35. The van der Waals surface area contributed by atoms with Crippen LogP contribution in [0.4, 0.5) is 0 Å². The van der Waals surface area contributed by atoms with Gasteiger partial charge < -0.3 is 10.2 Å². The number of aromatic amines is 1. The van der Waals surface area contributed by atoms with Gasteiger partial charge in [-0.25, -0.2) is 0 Å². The Balaban J connectivity index is 1.74. The van der Waals surface area contributed by atoms with E-state index in [-0.39, 0.29) is 11.9 Å². The van der Waals surface area contributed by atoms with Gasteiger partial charge in [0, 0.05) is 16.8 Å². The van der Waals surface area contributed by atoms with E-state index >= 15 is 0 Å². The average molecular weight is 314 g/mol. The number of para-hydroxylation sites is 1. The Kier molecular flexibility index (Phi) is 4.22. The van der Waals surface area contributed by atoms with Gasteiger partial charge >= 0.3 is 0 Å². The van der Waals surface area contributed by atoms with E-state index < -0.39 is 0 Å². The molecule has 3 rings (SSSR count). The summed E-state index contributed by atoms with van der Waals surface area (Å²) in [6, 6.07) is 11.9. The molecular weight excluding hydrogens is 296 g/mol. The Morgan fingerprint density at radius 3 is 2.86 bits per heavy atom. The Hall–Kier alpha value is -2.18. The fourth-order valence-electron chi connectivity index (χ4n) is 2.43. The van der Waals surface area contributed by atoms with Crippen molar-refractivity contribution >= 4 is 28.1 Å². The van der Waals surface area contributed by atoms with Crippen LogP contribution in [0.1, 0.15) is 21.4 Å². The summed E-state index contributed by atoms with van der Waals surface area (Å²) in [6.07, 6.45) is 0. The first-order chi connectivity index (χ1) is 10.7. The minimum Gasteiger partial charge on any atom is -0.349 e. The summed E-state index contributed by atoms with van der Waals surface area (Å²) in [6.45, 7) is 0.549. The second-order valence-electron chi connectivity index (χ2n) is 5.32. The molecule has 0 aliphatic carbocycles. The first-order valence-corrected chi connectivity index (χ1v) is 7.96. The molecule has 6 heteroatoms. The normalized spacial score (nSPS) is 12.7. The lowest BCUT2D eigenvalue weighted by molar-refractivity contribution is 0.0939. The van der Waals surface area contributed by atoms with Crippen molar-refractivity contribution in [1.82, 2.24) is 20.4 Å². The van der Waals surface area contributed by atoms with Gasteiger partial charge in [0.25, 0.3) is 5.91 Å².